The SMILES string of the molecule is CN=C(C)C1=C(O)C(CC(=O)OC)N(C)C1=O. The third kappa shape index (κ3) is 2.30. The molecule has 6 nitrogen and oxygen atoms in total. The lowest BCUT2D eigenvalue weighted by Crippen LogP contribution is -2.34. The fraction of sp³-hybridized carbons (Fsp3) is 0.545. The monoisotopic (exact) mass is 240 g/mol. The summed E-state index contributed by atoms with van der Waals surface area (Å²) in [5.74, 6) is -0.931. The van der Waals surface area contributed by atoms with Crippen molar-refractivity contribution in [2.75, 3.05) is 21.2 Å². The van der Waals surface area contributed by atoms with Crippen LogP contribution in [0.3, 0.4) is 0 Å². The van der Waals surface area contributed by atoms with E-state index in [2.05, 4.69) is 9.73 Å². The van der Waals surface area contributed by atoms with Crippen LogP contribution < -0.4 is 0 Å². The van der Waals surface area contributed by atoms with Gasteiger partial charge in [0, 0.05) is 19.8 Å². The zero-order valence-corrected chi connectivity index (χ0v) is 10.4. The van der Waals surface area contributed by atoms with E-state index in [0.29, 0.717) is 5.71 Å². The van der Waals surface area contributed by atoms with E-state index < -0.39 is 12.0 Å². The van der Waals surface area contributed by atoms with E-state index in [1.165, 1.54) is 26.1 Å². The molecular formula is C11H16N2O4. The molecule has 0 aliphatic carbocycles. The molecule has 17 heavy (non-hydrogen) atoms. The van der Waals surface area contributed by atoms with Crippen molar-refractivity contribution in [1.29, 1.82) is 0 Å². The van der Waals surface area contributed by atoms with E-state index in [4.69, 9.17) is 0 Å². The Balaban J connectivity index is 3.06. The lowest BCUT2D eigenvalue weighted by atomic mass is 10.1. The van der Waals surface area contributed by atoms with E-state index in [1.807, 2.05) is 0 Å². The van der Waals surface area contributed by atoms with Gasteiger partial charge in [-0.05, 0) is 6.92 Å². The fourth-order valence-corrected chi connectivity index (χ4v) is 1.70. The van der Waals surface area contributed by atoms with Gasteiger partial charge in [0.15, 0.2) is 0 Å². The maximum atomic E-state index is 11.9. The minimum atomic E-state index is -0.665. The summed E-state index contributed by atoms with van der Waals surface area (Å²) < 4.78 is 4.53. The average molecular weight is 240 g/mol. The number of hydrogen-bond acceptors (Lipinski definition) is 5. The van der Waals surface area contributed by atoms with Crippen LogP contribution in [0.25, 0.3) is 0 Å². The molecule has 94 valence electrons. The number of carbonyl (C=O) groups excluding carboxylic acids is 2. The number of esters is 1. The van der Waals surface area contributed by atoms with Gasteiger partial charge in [-0.2, -0.15) is 0 Å². The Morgan fingerprint density at radius 1 is 1.59 bits per heavy atom. The second-order valence-corrected chi connectivity index (χ2v) is 3.78. The lowest BCUT2D eigenvalue weighted by Gasteiger charge is -2.19. The predicted molar refractivity (Wildman–Crippen MR) is 61.9 cm³/mol. The third-order valence-electron chi connectivity index (χ3n) is 2.86. The van der Waals surface area contributed by atoms with Crippen molar-refractivity contribution in [3.05, 3.63) is 11.3 Å². The standard InChI is InChI=1S/C11H16N2O4/c1-6(12-2)9-10(15)7(5-8(14)17-4)13(3)11(9)16/h7,15H,5H2,1-4H3. The van der Waals surface area contributed by atoms with Gasteiger partial charge in [0.05, 0.1) is 19.1 Å². The Hall–Kier alpha value is -1.85. The molecule has 0 aromatic heterocycles. The van der Waals surface area contributed by atoms with Gasteiger partial charge in [0.2, 0.25) is 0 Å². The summed E-state index contributed by atoms with van der Waals surface area (Å²) in [6.07, 6.45) is -0.0644. The van der Waals surface area contributed by atoms with Crippen LogP contribution in [0.1, 0.15) is 13.3 Å². The summed E-state index contributed by atoms with van der Waals surface area (Å²) in [7, 11) is 4.33. The van der Waals surface area contributed by atoms with Crippen molar-refractivity contribution in [3.63, 3.8) is 0 Å². The average Bonchev–Trinajstić information content (AvgIpc) is 2.52. The molecule has 0 aromatic carbocycles. The zero-order valence-electron chi connectivity index (χ0n) is 10.4. The molecule has 1 N–H and O–H groups in total. The van der Waals surface area contributed by atoms with Crippen molar-refractivity contribution in [2.24, 2.45) is 4.99 Å². The molecule has 0 saturated heterocycles. The van der Waals surface area contributed by atoms with Crippen LogP contribution in [0, 0.1) is 0 Å². The second kappa shape index (κ2) is 4.99. The molecule has 1 aliphatic heterocycles. The first-order chi connectivity index (χ1) is 7.93. The number of aliphatic hydroxyl groups is 1. The van der Waals surface area contributed by atoms with Crippen LogP contribution in [-0.4, -0.2) is 54.8 Å². The Bertz CT molecular complexity index is 412. The van der Waals surface area contributed by atoms with Crippen molar-refractivity contribution in [2.45, 2.75) is 19.4 Å². The molecule has 1 unspecified atom stereocenters. The Labute approximate surface area is 99.6 Å². The quantitative estimate of drug-likeness (QED) is 0.568. The second-order valence-electron chi connectivity index (χ2n) is 3.78. The van der Waals surface area contributed by atoms with E-state index in [-0.39, 0.29) is 23.7 Å². The number of nitrogens with zero attached hydrogens (tertiary/aromatic N) is 2. The Morgan fingerprint density at radius 3 is 2.65 bits per heavy atom. The molecule has 1 rings (SSSR count). The summed E-state index contributed by atoms with van der Waals surface area (Å²) in [6.45, 7) is 1.64. The van der Waals surface area contributed by atoms with Gasteiger partial charge in [-0.3, -0.25) is 14.6 Å². The number of aliphatic imine (C=N–C) groups is 1. The number of carbonyl (C=O) groups is 2. The lowest BCUT2D eigenvalue weighted by molar-refractivity contribution is -0.142. The number of aliphatic hydroxyl groups excluding tert-OH is 1. The van der Waals surface area contributed by atoms with E-state index in [0.717, 1.165) is 0 Å². The molecule has 1 amide bonds. The van der Waals surface area contributed by atoms with Crippen molar-refractivity contribution < 1.29 is 19.4 Å². The predicted octanol–water partition coefficient (Wildman–Crippen LogP) is 0.293. The van der Waals surface area contributed by atoms with Gasteiger partial charge in [0.1, 0.15) is 11.8 Å². The number of amides is 1. The molecule has 0 fully saturated rings. The molecule has 1 atom stereocenters. The molecular weight excluding hydrogens is 224 g/mol. The molecule has 0 bridgehead atoms. The third-order valence-corrected chi connectivity index (χ3v) is 2.86. The van der Waals surface area contributed by atoms with E-state index in [1.54, 1.807) is 6.92 Å². The van der Waals surface area contributed by atoms with Gasteiger partial charge in [-0.25, -0.2) is 0 Å². The van der Waals surface area contributed by atoms with Crippen molar-refractivity contribution in [3.8, 4) is 0 Å². The topological polar surface area (TPSA) is 79.2 Å². The minimum absolute atomic E-state index is 0.0644. The highest BCUT2D eigenvalue weighted by atomic mass is 16.5. The molecule has 0 spiro atoms. The van der Waals surface area contributed by atoms with Crippen LogP contribution in [0.5, 0.6) is 0 Å². The highest BCUT2D eigenvalue weighted by Gasteiger charge is 2.39. The molecule has 0 saturated carbocycles. The number of ether oxygens (including phenoxy) is 1. The highest BCUT2D eigenvalue weighted by molar-refractivity contribution is 6.22. The van der Waals surface area contributed by atoms with Gasteiger partial charge in [0.25, 0.3) is 5.91 Å². The maximum Gasteiger partial charge on any atom is 0.308 e. The van der Waals surface area contributed by atoms with Gasteiger partial charge in [-0.1, -0.05) is 0 Å². The number of likely N-dealkylation sites (N-methyl/N-ethyl adjacent to an activating group) is 1. The van der Waals surface area contributed by atoms with Crippen molar-refractivity contribution in [1.82, 2.24) is 4.90 Å². The van der Waals surface area contributed by atoms with Gasteiger partial charge in [-0.15, -0.1) is 0 Å². The van der Waals surface area contributed by atoms with Crippen LogP contribution in [0.4, 0.5) is 0 Å². The Kier molecular flexibility index (Phi) is 3.88. The largest absolute Gasteiger partial charge is 0.509 e. The first kappa shape index (κ1) is 13.2. The smallest absolute Gasteiger partial charge is 0.308 e. The molecule has 6 heteroatoms. The zero-order chi connectivity index (χ0) is 13.2. The van der Waals surface area contributed by atoms with E-state index in [9.17, 15) is 14.7 Å². The molecule has 0 aromatic rings. The minimum Gasteiger partial charge on any atom is -0.509 e. The summed E-state index contributed by atoms with van der Waals surface area (Å²) in [5, 5.41) is 9.96. The number of rotatable bonds is 3. The first-order valence-electron chi connectivity index (χ1n) is 5.14. The number of hydrogen-bond donors (Lipinski definition) is 1. The Morgan fingerprint density at radius 2 is 2.18 bits per heavy atom. The van der Waals surface area contributed by atoms with Gasteiger partial charge >= 0.3 is 5.97 Å². The molecule has 1 aliphatic rings. The number of methoxy groups -OCH3 is 1. The summed E-state index contributed by atoms with van der Waals surface area (Å²) >= 11 is 0. The molecule has 0 radical (unpaired) electrons. The normalized spacial score (nSPS) is 21.2. The maximum absolute atomic E-state index is 11.9. The summed E-state index contributed by atoms with van der Waals surface area (Å²) in [6, 6.07) is -0.665. The molecule has 1 heterocycles. The van der Waals surface area contributed by atoms with Crippen LogP contribution in [-0.2, 0) is 14.3 Å². The van der Waals surface area contributed by atoms with Gasteiger partial charge < -0.3 is 14.7 Å². The summed E-state index contributed by atoms with van der Waals surface area (Å²) in [4.78, 5) is 28.2. The van der Waals surface area contributed by atoms with Crippen LogP contribution >= 0.6 is 0 Å². The van der Waals surface area contributed by atoms with Crippen LogP contribution in [0.15, 0.2) is 16.3 Å². The summed E-state index contributed by atoms with van der Waals surface area (Å²) in [5.41, 5.74) is 0.621. The van der Waals surface area contributed by atoms with Crippen molar-refractivity contribution >= 4 is 17.6 Å². The fourth-order valence-electron chi connectivity index (χ4n) is 1.70. The van der Waals surface area contributed by atoms with Crippen LogP contribution in [0.2, 0.25) is 0 Å². The van der Waals surface area contributed by atoms with E-state index >= 15 is 0 Å². The first-order valence-corrected chi connectivity index (χ1v) is 5.14. The highest BCUT2D eigenvalue weighted by Crippen LogP contribution is 2.26.